The minimum Gasteiger partial charge on any atom is -0.390 e. The highest BCUT2D eigenvalue weighted by atomic mass is 35.5. The van der Waals surface area contributed by atoms with Crippen LogP contribution in [0.15, 0.2) is 24.3 Å². The third kappa shape index (κ3) is 2.77. The molecule has 26 heavy (non-hydrogen) atoms. The Morgan fingerprint density at radius 1 is 1.00 bits per heavy atom. The van der Waals surface area contributed by atoms with E-state index in [1.165, 1.54) is 0 Å². The van der Waals surface area contributed by atoms with Crippen LogP contribution >= 0.6 is 11.6 Å². The fourth-order valence-electron chi connectivity index (χ4n) is 3.29. The molecule has 4 rings (SSSR count). The maximum Gasteiger partial charge on any atom is 0.226 e. The second kappa shape index (κ2) is 6.54. The number of rotatable bonds is 4. The number of hydrogen-bond acceptors (Lipinski definition) is 8. The molecule has 2 atom stereocenters. The summed E-state index contributed by atoms with van der Waals surface area (Å²) >= 11 is 5.99. The second-order valence-corrected chi connectivity index (χ2v) is 6.36. The van der Waals surface area contributed by atoms with Gasteiger partial charge in [-0.2, -0.15) is 9.97 Å². The van der Waals surface area contributed by atoms with Gasteiger partial charge in [-0.3, -0.25) is 0 Å². The second-order valence-electron chi connectivity index (χ2n) is 6.03. The summed E-state index contributed by atoms with van der Waals surface area (Å²) in [6.45, 7) is 0. The number of hydrogen-bond donors (Lipinski definition) is 4. The van der Waals surface area contributed by atoms with Crippen molar-refractivity contribution in [3.05, 3.63) is 40.7 Å². The van der Waals surface area contributed by atoms with E-state index < -0.39 is 6.10 Å². The lowest BCUT2D eigenvalue weighted by Crippen LogP contribution is -2.22. The van der Waals surface area contributed by atoms with Crippen molar-refractivity contribution < 1.29 is 5.11 Å². The Bertz CT molecular complexity index is 981. The molecule has 4 N–H and O–H groups in total. The molecule has 0 bridgehead atoms. The number of aliphatic hydroxyl groups is 1. The summed E-state index contributed by atoms with van der Waals surface area (Å²) in [6.07, 6.45) is 0.0517. The molecule has 134 valence electrons. The topological polar surface area (TPSA) is 108 Å². The molecule has 2 heterocycles. The number of halogens is 1. The first-order chi connectivity index (χ1) is 12.6. The molecule has 0 saturated heterocycles. The average molecular weight is 372 g/mol. The van der Waals surface area contributed by atoms with Gasteiger partial charge < -0.3 is 21.1 Å². The molecule has 0 saturated carbocycles. The van der Waals surface area contributed by atoms with Crippen LogP contribution < -0.4 is 16.0 Å². The fraction of sp³-hybridized carbons (Fsp3) is 0.294. The summed E-state index contributed by atoms with van der Waals surface area (Å²) < 4.78 is 0. The maximum atomic E-state index is 10.5. The number of nitrogens with one attached hydrogen (secondary N) is 3. The molecule has 0 fully saturated rings. The van der Waals surface area contributed by atoms with E-state index in [1.807, 2.05) is 24.3 Å². The molecule has 0 radical (unpaired) electrons. The zero-order valence-corrected chi connectivity index (χ0v) is 15.0. The van der Waals surface area contributed by atoms with Crippen molar-refractivity contribution in [2.45, 2.75) is 18.6 Å². The third-order valence-corrected chi connectivity index (χ3v) is 4.65. The zero-order chi connectivity index (χ0) is 18.3. The van der Waals surface area contributed by atoms with Gasteiger partial charge in [0.1, 0.15) is 11.0 Å². The molecule has 3 aromatic rings. The third-order valence-electron chi connectivity index (χ3n) is 4.48. The smallest absolute Gasteiger partial charge is 0.226 e. The predicted molar refractivity (Wildman–Crippen MR) is 102 cm³/mol. The van der Waals surface area contributed by atoms with Gasteiger partial charge in [0.15, 0.2) is 11.6 Å². The molecule has 0 aliphatic heterocycles. The summed E-state index contributed by atoms with van der Waals surface area (Å²) in [6, 6.07) is 7.68. The van der Waals surface area contributed by atoms with Gasteiger partial charge in [0.05, 0.1) is 12.1 Å². The highest BCUT2D eigenvalue weighted by Crippen LogP contribution is 2.34. The predicted octanol–water partition coefficient (Wildman–Crippen LogP) is 2.23. The van der Waals surface area contributed by atoms with Gasteiger partial charge in [-0.05, 0) is 22.7 Å². The van der Waals surface area contributed by atoms with Gasteiger partial charge in [0, 0.05) is 20.5 Å². The van der Waals surface area contributed by atoms with Gasteiger partial charge >= 0.3 is 0 Å². The van der Waals surface area contributed by atoms with Crippen LogP contribution in [0.4, 0.5) is 17.6 Å². The number of benzene rings is 1. The Morgan fingerprint density at radius 3 is 2.46 bits per heavy atom. The molecule has 1 aliphatic carbocycles. The lowest BCUT2D eigenvalue weighted by atomic mass is 10.1. The Morgan fingerprint density at radius 2 is 1.69 bits per heavy atom. The summed E-state index contributed by atoms with van der Waals surface area (Å²) in [5, 5.41) is 19.8. The van der Waals surface area contributed by atoms with E-state index in [4.69, 9.17) is 11.6 Å². The SMILES string of the molecule is CNc1nc(N[C@@H]2c3ccccc3C[C@@H]2O)nc2c(NC)nc(Cl)nc12. The molecule has 8 nitrogen and oxygen atoms in total. The van der Waals surface area contributed by atoms with E-state index in [2.05, 4.69) is 35.9 Å². The van der Waals surface area contributed by atoms with Crippen LogP contribution in [0, 0.1) is 0 Å². The van der Waals surface area contributed by atoms with Gasteiger partial charge in [-0.1, -0.05) is 24.3 Å². The fourth-order valence-corrected chi connectivity index (χ4v) is 3.46. The Hall–Kier alpha value is -2.71. The van der Waals surface area contributed by atoms with Gasteiger partial charge in [-0.25, -0.2) is 9.97 Å². The Kier molecular flexibility index (Phi) is 4.21. The van der Waals surface area contributed by atoms with E-state index in [1.54, 1.807) is 14.1 Å². The van der Waals surface area contributed by atoms with E-state index in [0.29, 0.717) is 35.0 Å². The van der Waals surface area contributed by atoms with Crippen molar-refractivity contribution in [3.8, 4) is 0 Å². The molecule has 0 spiro atoms. The van der Waals surface area contributed by atoms with Crippen LogP contribution in [0.5, 0.6) is 0 Å². The van der Waals surface area contributed by atoms with Gasteiger partial charge in [0.25, 0.3) is 0 Å². The molecule has 9 heteroatoms. The molecular formula is C17H18ClN7O. The first-order valence-corrected chi connectivity index (χ1v) is 8.61. The van der Waals surface area contributed by atoms with E-state index in [9.17, 15) is 5.11 Å². The molecule has 1 aliphatic rings. The quantitative estimate of drug-likeness (QED) is 0.517. The molecule has 2 aromatic heterocycles. The van der Waals surface area contributed by atoms with Crippen LogP contribution in [0.1, 0.15) is 17.2 Å². The highest BCUT2D eigenvalue weighted by molar-refractivity contribution is 6.29. The summed E-state index contributed by atoms with van der Waals surface area (Å²) in [5.41, 5.74) is 3.24. The van der Waals surface area contributed by atoms with Gasteiger partial charge in [-0.15, -0.1) is 0 Å². The summed E-state index contributed by atoms with van der Waals surface area (Å²) in [4.78, 5) is 17.4. The molecule has 0 unspecified atom stereocenters. The first kappa shape index (κ1) is 16.7. The van der Waals surface area contributed by atoms with Crippen LogP contribution in [-0.2, 0) is 6.42 Å². The van der Waals surface area contributed by atoms with Gasteiger partial charge in [0.2, 0.25) is 11.2 Å². The van der Waals surface area contributed by atoms with Crippen LogP contribution in [0.2, 0.25) is 5.28 Å². The van der Waals surface area contributed by atoms with E-state index >= 15 is 0 Å². The average Bonchev–Trinajstić information content (AvgIpc) is 2.96. The van der Waals surface area contributed by atoms with E-state index in [-0.39, 0.29) is 11.3 Å². The number of aliphatic hydroxyl groups excluding tert-OH is 1. The number of aromatic nitrogens is 4. The van der Waals surface area contributed by atoms with Crippen molar-refractivity contribution in [2.24, 2.45) is 0 Å². The van der Waals surface area contributed by atoms with Crippen molar-refractivity contribution in [3.63, 3.8) is 0 Å². The number of nitrogens with zero attached hydrogens (tertiary/aromatic N) is 4. The summed E-state index contributed by atoms with van der Waals surface area (Å²) in [7, 11) is 3.49. The van der Waals surface area contributed by atoms with Crippen molar-refractivity contribution >= 4 is 40.2 Å². The van der Waals surface area contributed by atoms with Crippen LogP contribution in [-0.4, -0.2) is 45.2 Å². The standard InChI is InChI=1S/C17H18ClN7O/c1-19-14-13-12(21-16(18)24-14)15(20-2)25-17(23-13)22-11-9-6-4-3-5-8(9)7-10(11)26/h3-6,10-11,26H,7H2,1-2H3,(H,19,21,24)(H2,20,22,23,25)/t10-,11+/m0/s1. The molecule has 0 amide bonds. The lowest BCUT2D eigenvalue weighted by Gasteiger charge is -2.19. The Balaban J connectivity index is 1.79. The highest BCUT2D eigenvalue weighted by Gasteiger charge is 2.31. The van der Waals surface area contributed by atoms with Crippen molar-refractivity contribution in [2.75, 3.05) is 30.0 Å². The normalized spacial score (nSPS) is 18.6. The Labute approximate surface area is 155 Å². The zero-order valence-electron chi connectivity index (χ0n) is 14.3. The van der Waals surface area contributed by atoms with Crippen molar-refractivity contribution in [1.29, 1.82) is 0 Å². The maximum absolute atomic E-state index is 10.5. The van der Waals surface area contributed by atoms with Crippen LogP contribution in [0.25, 0.3) is 11.0 Å². The summed E-state index contributed by atoms with van der Waals surface area (Å²) in [5.74, 6) is 1.42. The number of fused-ring (bicyclic) bond motifs is 2. The first-order valence-electron chi connectivity index (χ1n) is 8.24. The minimum atomic E-state index is -0.546. The molecular weight excluding hydrogens is 354 g/mol. The van der Waals surface area contributed by atoms with Crippen molar-refractivity contribution in [1.82, 2.24) is 19.9 Å². The monoisotopic (exact) mass is 371 g/mol. The lowest BCUT2D eigenvalue weighted by molar-refractivity contribution is 0.165. The van der Waals surface area contributed by atoms with E-state index in [0.717, 1.165) is 11.1 Å². The number of anilines is 3. The van der Waals surface area contributed by atoms with Crippen LogP contribution in [0.3, 0.4) is 0 Å². The molecule has 1 aromatic carbocycles. The largest absolute Gasteiger partial charge is 0.390 e. The minimum absolute atomic E-state index is 0.114.